The number of anilines is 1. The predicted molar refractivity (Wildman–Crippen MR) is 109 cm³/mol. The first-order valence-corrected chi connectivity index (χ1v) is 10.3. The van der Waals surface area contributed by atoms with Crippen molar-refractivity contribution in [1.82, 2.24) is 9.80 Å². The summed E-state index contributed by atoms with van der Waals surface area (Å²) in [6, 6.07) is 4.53. The number of carbonyl (C=O) groups is 2. The number of amides is 1. The summed E-state index contributed by atoms with van der Waals surface area (Å²) in [6.45, 7) is 12.3. The van der Waals surface area contributed by atoms with Crippen molar-refractivity contribution < 1.29 is 14.0 Å². The molecule has 154 valence electrons. The van der Waals surface area contributed by atoms with Crippen molar-refractivity contribution in [3.05, 3.63) is 29.6 Å². The number of nitrogens with zero attached hydrogens (tertiary/aromatic N) is 3. The fourth-order valence-corrected chi connectivity index (χ4v) is 4.60. The number of hydrogen-bond acceptors (Lipinski definition) is 4. The van der Waals surface area contributed by atoms with Crippen LogP contribution in [-0.2, 0) is 4.79 Å². The van der Waals surface area contributed by atoms with Crippen LogP contribution in [0.1, 0.15) is 44.5 Å². The molecule has 3 rings (SSSR count). The summed E-state index contributed by atoms with van der Waals surface area (Å²) in [6.07, 6.45) is 1.19. The van der Waals surface area contributed by atoms with Crippen LogP contribution in [-0.4, -0.2) is 66.8 Å². The summed E-state index contributed by atoms with van der Waals surface area (Å²) in [4.78, 5) is 30.6. The maximum absolute atomic E-state index is 14.4. The molecule has 0 radical (unpaired) electrons. The molecule has 0 N–H and O–H groups in total. The highest BCUT2D eigenvalue weighted by Gasteiger charge is 2.32. The van der Waals surface area contributed by atoms with Crippen LogP contribution in [0.2, 0.25) is 0 Å². The zero-order valence-electron chi connectivity index (χ0n) is 17.4. The Morgan fingerprint density at radius 2 is 1.68 bits per heavy atom. The van der Waals surface area contributed by atoms with Crippen molar-refractivity contribution in [2.45, 2.75) is 40.2 Å². The number of carbonyl (C=O) groups excluding carboxylic acids is 2. The molecule has 0 bridgehead atoms. The second-order valence-corrected chi connectivity index (χ2v) is 8.61. The normalized spacial score (nSPS) is 24.9. The highest BCUT2D eigenvalue weighted by Crippen LogP contribution is 2.25. The molecule has 0 spiro atoms. The molecule has 3 atom stereocenters. The average molecular weight is 390 g/mol. The van der Waals surface area contributed by atoms with Gasteiger partial charge in [0.15, 0.2) is 5.78 Å². The lowest BCUT2D eigenvalue weighted by Gasteiger charge is -2.42. The average Bonchev–Trinajstić information content (AvgIpc) is 2.66. The Hall–Kier alpha value is -1.95. The van der Waals surface area contributed by atoms with Gasteiger partial charge in [-0.15, -0.1) is 0 Å². The van der Waals surface area contributed by atoms with E-state index in [1.54, 1.807) is 12.1 Å². The first-order valence-electron chi connectivity index (χ1n) is 10.3. The van der Waals surface area contributed by atoms with E-state index in [9.17, 15) is 14.0 Å². The molecular weight excluding hydrogens is 357 g/mol. The van der Waals surface area contributed by atoms with Crippen LogP contribution in [0.3, 0.4) is 0 Å². The van der Waals surface area contributed by atoms with E-state index in [-0.39, 0.29) is 23.5 Å². The molecule has 1 aromatic carbocycles. The first-order chi connectivity index (χ1) is 13.3. The van der Waals surface area contributed by atoms with E-state index >= 15 is 0 Å². The minimum absolute atomic E-state index is 0.135. The molecule has 1 amide bonds. The lowest BCUT2D eigenvalue weighted by atomic mass is 9.91. The molecule has 28 heavy (non-hydrogen) atoms. The van der Waals surface area contributed by atoms with E-state index in [1.165, 1.54) is 19.4 Å². The summed E-state index contributed by atoms with van der Waals surface area (Å²) in [7, 11) is 0. The van der Waals surface area contributed by atoms with Crippen LogP contribution < -0.4 is 4.90 Å². The lowest BCUT2D eigenvalue weighted by molar-refractivity contribution is -0.139. The minimum atomic E-state index is -0.360. The molecule has 0 unspecified atom stereocenters. The standard InChI is InChI=1S/C22H32FN3O2/c1-15-11-16(2)14-26(13-15)22(28)17(3)24-7-9-25(10-8-24)21-6-5-19(18(4)27)12-20(21)23/h5-6,12,15-17H,7-11,13-14H2,1-4H3/t15-,16-,17-/m1/s1. The van der Waals surface area contributed by atoms with E-state index < -0.39 is 0 Å². The largest absolute Gasteiger partial charge is 0.367 e. The van der Waals surface area contributed by atoms with Gasteiger partial charge in [-0.2, -0.15) is 0 Å². The van der Waals surface area contributed by atoms with Gasteiger partial charge in [0.25, 0.3) is 0 Å². The van der Waals surface area contributed by atoms with Crippen molar-refractivity contribution >= 4 is 17.4 Å². The third-order valence-corrected chi connectivity index (χ3v) is 6.09. The Morgan fingerprint density at radius 3 is 2.21 bits per heavy atom. The quantitative estimate of drug-likeness (QED) is 0.743. The molecule has 6 heteroatoms. The second-order valence-electron chi connectivity index (χ2n) is 8.61. The van der Waals surface area contributed by atoms with Gasteiger partial charge in [0, 0.05) is 44.8 Å². The third-order valence-electron chi connectivity index (χ3n) is 6.09. The second kappa shape index (κ2) is 8.60. The summed E-state index contributed by atoms with van der Waals surface area (Å²) >= 11 is 0. The van der Waals surface area contributed by atoms with Gasteiger partial charge in [0.2, 0.25) is 5.91 Å². The molecule has 2 aliphatic rings. The Bertz CT molecular complexity index is 720. The Morgan fingerprint density at radius 1 is 1.07 bits per heavy atom. The van der Waals surface area contributed by atoms with Crippen molar-refractivity contribution in [2.75, 3.05) is 44.2 Å². The molecule has 0 aliphatic carbocycles. The van der Waals surface area contributed by atoms with Crippen LogP contribution in [0.15, 0.2) is 18.2 Å². The van der Waals surface area contributed by atoms with Gasteiger partial charge < -0.3 is 9.80 Å². The Kier molecular flexibility index (Phi) is 6.38. The summed E-state index contributed by atoms with van der Waals surface area (Å²) in [5, 5.41) is 0. The first kappa shape index (κ1) is 20.8. The van der Waals surface area contributed by atoms with Gasteiger partial charge in [-0.3, -0.25) is 14.5 Å². The van der Waals surface area contributed by atoms with Crippen LogP contribution in [0.25, 0.3) is 0 Å². The fourth-order valence-electron chi connectivity index (χ4n) is 4.60. The number of piperazine rings is 1. The Balaban J connectivity index is 1.59. The maximum atomic E-state index is 14.4. The SMILES string of the molecule is CC(=O)c1ccc(N2CCN([C@H](C)C(=O)N3C[C@H](C)C[C@@H](C)C3)CC2)c(F)c1. The molecule has 5 nitrogen and oxygen atoms in total. The van der Waals surface area contributed by atoms with Gasteiger partial charge in [0.1, 0.15) is 5.82 Å². The van der Waals surface area contributed by atoms with E-state index in [0.717, 1.165) is 26.2 Å². The van der Waals surface area contributed by atoms with E-state index in [1.807, 2.05) is 16.7 Å². The van der Waals surface area contributed by atoms with Crippen molar-refractivity contribution in [2.24, 2.45) is 11.8 Å². The summed E-state index contributed by atoms with van der Waals surface area (Å²) in [5.41, 5.74) is 0.923. The molecule has 2 fully saturated rings. The van der Waals surface area contributed by atoms with Gasteiger partial charge in [-0.1, -0.05) is 13.8 Å². The molecule has 1 aromatic rings. The number of rotatable bonds is 4. The Labute approximate surface area is 167 Å². The fraction of sp³-hybridized carbons (Fsp3) is 0.636. The number of ketones is 1. The zero-order chi connectivity index (χ0) is 20.4. The van der Waals surface area contributed by atoms with E-state index in [0.29, 0.717) is 36.2 Å². The number of halogens is 1. The maximum Gasteiger partial charge on any atom is 0.239 e. The molecule has 2 aliphatic heterocycles. The monoisotopic (exact) mass is 389 g/mol. The van der Waals surface area contributed by atoms with Crippen molar-refractivity contribution in [1.29, 1.82) is 0 Å². The lowest BCUT2D eigenvalue weighted by Crippen LogP contribution is -2.56. The van der Waals surface area contributed by atoms with Crippen LogP contribution in [0, 0.1) is 17.7 Å². The summed E-state index contributed by atoms with van der Waals surface area (Å²) < 4.78 is 14.4. The zero-order valence-corrected chi connectivity index (χ0v) is 17.4. The van der Waals surface area contributed by atoms with Gasteiger partial charge in [-0.05, 0) is 50.3 Å². The smallest absolute Gasteiger partial charge is 0.239 e. The van der Waals surface area contributed by atoms with Crippen molar-refractivity contribution in [3.8, 4) is 0 Å². The number of piperidine rings is 1. The van der Waals surface area contributed by atoms with Gasteiger partial charge in [0.05, 0.1) is 11.7 Å². The van der Waals surface area contributed by atoms with E-state index in [2.05, 4.69) is 18.7 Å². The van der Waals surface area contributed by atoms with Crippen molar-refractivity contribution in [3.63, 3.8) is 0 Å². The molecule has 2 heterocycles. The van der Waals surface area contributed by atoms with E-state index in [4.69, 9.17) is 0 Å². The molecule has 0 aromatic heterocycles. The number of benzene rings is 1. The number of Topliss-reactive ketones (excluding diaryl/α,β-unsaturated/α-hetero) is 1. The van der Waals surface area contributed by atoms with Crippen LogP contribution in [0.4, 0.5) is 10.1 Å². The molecule has 0 saturated carbocycles. The summed E-state index contributed by atoms with van der Waals surface area (Å²) in [5.74, 6) is 0.824. The van der Waals surface area contributed by atoms with Crippen LogP contribution in [0.5, 0.6) is 0 Å². The molecule has 2 saturated heterocycles. The predicted octanol–water partition coefficient (Wildman–Crippen LogP) is 3.04. The third kappa shape index (κ3) is 4.54. The minimum Gasteiger partial charge on any atom is -0.367 e. The number of likely N-dealkylation sites (tertiary alicyclic amines) is 1. The highest BCUT2D eigenvalue weighted by molar-refractivity contribution is 5.94. The highest BCUT2D eigenvalue weighted by atomic mass is 19.1. The van der Waals surface area contributed by atoms with Crippen LogP contribution >= 0.6 is 0 Å². The topological polar surface area (TPSA) is 43.9 Å². The van der Waals surface area contributed by atoms with Gasteiger partial charge >= 0.3 is 0 Å². The molecular formula is C22H32FN3O2. The van der Waals surface area contributed by atoms with Gasteiger partial charge in [-0.25, -0.2) is 4.39 Å². The number of hydrogen-bond donors (Lipinski definition) is 0.